The minimum Gasteiger partial charge on any atom is -0.370 e. The summed E-state index contributed by atoms with van der Waals surface area (Å²) in [6.45, 7) is 7.39. The van der Waals surface area contributed by atoms with E-state index >= 15 is 0 Å². The number of rotatable bonds is 5. The fourth-order valence-electron chi connectivity index (χ4n) is 3.38. The molecule has 0 amide bonds. The van der Waals surface area contributed by atoms with Crippen LogP contribution in [0.1, 0.15) is 43.2 Å². The second-order valence-electron chi connectivity index (χ2n) is 7.53. The number of nitrogens with zero attached hydrogens (tertiary/aromatic N) is 2. The lowest BCUT2D eigenvalue weighted by Gasteiger charge is -2.29. The molecule has 0 atom stereocenters. The van der Waals surface area contributed by atoms with E-state index in [1.54, 1.807) is 23.1 Å². The van der Waals surface area contributed by atoms with E-state index in [0.717, 1.165) is 45.1 Å². The van der Waals surface area contributed by atoms with Crippen molar-refractivity contribution >= 4 is 33.3 Å². The molecule has 0 spiro atoms. The summed E-state index contributed by atoms with van der Waals surface area (Å²) < 4.78 is 7.83. The van der Waals surface area contributed by atoms with Crippen molar-refractivity contribution in [3.05, 3.63) is 56.7 Å². The third-order valence-corrected chi connectivity index (χ3v) is 7.08. The second kappa shape index (κ2) is 7.41. The molecule has 0 unspecified atom stereocenters. The molecule has 0 saturated heterocycles. The molecule has 4 rings (SSSR count). The molecule has 27 heavy (non-hydrogen) atoms. The van der Waals surface area contributed by atoms with Gasteiger partial charge in [0, 0.05) is 22.6 Å². The number of thioether (sulfide) groups is 1. The SMILES string of the molecule is CCCSc1nc2sc3c(c2c(=O)n1Cc1ccccc1)COC(C)(C)C3. The Morgan fingerprint density at radius 2 is 2.07 bits per heavy atom. The number of thiophene rings is 1. The first-order chi connectivity index (χ1) is 13.0. The summed E-state index contributed by atoms with van der Waals surface area (Å²) in [4.78, 5) is 20.5. The summed E-state index contributed by atoms with van der Waals surface area (Å²) in [7, 11) is 0. The van der Waals surface area contributed by atoms with Crippen molar-refractivity contribution in [3.8, 4) is 0 Å². The van der Waals surface area contributed by atoms with Gasteiger partial charge >= 0.3 is 0 Å². The second-order valence-corrected chi connectivity index (χ2v) is 9.67. The van der Waals surface area contributed by atoms with E-state index in [4.69, 9.17) is 9.72 Å². The molecular formula is C21H24N2O2S2. The molecule has 142 valence electrons. The number of ether oxygens (including phenoxy) is 1. The van der Waals surface area contributed by atoms with Gasteiger partial charge in [0.1, 0.15) is 4.83 Å². The van der Waals surface area contributed by atoms with E-state index in [9.17, 15) is 4.79 Å². The van der Waals surface area contributed by atoms with E-state index < -0.39 is 0 Å². The van der Waals surface area contributed by atoms with Gasteiger partial charge in [0.05, 0.1) is 24.1 Å². The summed E-state index contributed by atoms with van der Waals surface area (Å²) in [6.07, 6.45) is 1.88. The highest BCUT2D eigenvalue weighted by Gasteiger charge is 2.31. The first-order valence-corrected chi connectivity index (χ1v) is 11.1. The number of aromatic nitrogens is 2. The minimum atomic E-state index is -0.184. The number of benzene rings is 1. The van der Waals surface area contributed by atoms with Gasteiger partial charge in [-0.2, -0.15) is 0 Å². The highest BCUT2D eigenvalue weighted by atomic mass is 32.2. The molecule has 0 aliphatic carbocycles. The van der Waals surface area contributed by atoms with Gasteiger partial charge in [-0.1, -0.05) is 49.0 Å². The molecule has 0 saturated carbocycles. The molecule has 0 radical (unpaired) electrons. The highest BCUT2D eigenvalue weighted by molar-refractivity contribution is 7.99. The van der Waals surface area contributed by atoms with Gasteiger partial charge in [0.2, 0.25) is 0 Å². The van der Waals surface area contributed by atoms with E-state index in [1.165, 1.54) is 4.88 Å². The van der Waals surface area contributed by atoms with E-state index in [-0.39, 0.29) is 11.2 Å². The Morgan fingerprint density at radius 3 is 2.81 bits per heavy atom. The van der Waals surface area contributed by atoms with Crippen LogP contribution in [0.2, 0.25) is 0 Å². The maximum absolute atomic E-state index is 13.5. The fraction of sp³-hybridized carbons (Fsp3) is 0.429. The van der Waals surface area contributed by atoms with E-state index in [2.05, 4.69) is 32.9 Å². The molecule has 4 nitrogen and oxygen atoms in total. The monoisotopic (exact) mass is 400 g/mol. The largest absolute Gasteiger partial charge is 0.370 e. The third kappa shape index (κ3) is 3.71. The fourth-order valence-corrected chi connectivity index (χ4v) is 5.66. The van der Waals surface area contributed by atoms with E-state index in [1.807, 2.05) is 22.8 Å². The zero-order valence-corrected chi connectivity index (χ0v) is 17.6. The van der Waals surface area contributed by atoms with Crippen molar-refractivity contribution < 1.29 is 4.74 Å². The molecule has 1 aliphatic rings. The molecule has 1 aliphatic heterocycles. The van der Waals surface area contributed by atoms with Crippen LogP contribution >= 0.6 is 23.1 Å². The molecule has 1 aromatic carbocycles. The molecule has 3 aromatic rings. The Bertz CT molecular complexity index is 1020. The van der Waals surface area contributed by atoms with Crippen LogP contribution in [0.5, 0.6) is 0 Å². The lowest BCUT2D eigenvalue weighted by molar-refractivity contribution is -0.0383. The lowest BCUT2D eigenvalue weighted by Crippen LogP contribution is -2.31. The summed E-state index contributed by atoms with van der Waals surface area (Å²) in [5, 5.41) is 1.57. The van der Waals surface area contributed by atoms with Crippen molar-refractivity contribution in [2.45, 2.75) is 57.5 Å². The maximum Gasteiger partial charge on any atom is 0.263 e. The predicted octanol–water partition coefficient (Wildman–Crippen LogP) is 4.86. The van der Waals surface area contributed by atoms with Gasteiger partial charge in [0.15, 0.2) is 5.16 Å². The Balaban J connectivity index is 1.86. The molecule has 0 fully saturated rings. The van der Waals surface area contributed by atoms with Crippen LogP contribution in [0.4, 0.5) is 0 Å². The Morgan fingerprint density at radius 1 is 1.30 bits per heavy atom. The molecule has 0 N–H and O–H groups in total. The van der Waals surface area contributed by atoms with Gasteiger partial charge < -0.3 is 4.74 Å². The van der Waals surface area contributed by atoms with Crippen LogP contribution < -0.4 is 5.56 Å². The molecule has 0 bridgehead atoms. The zero-order chi connectivity index (χ0) is 19.0. The molecular weight excluding hydrogens is 376 g/mol. The smallest absolute Gasteiger partial charge is 0.263 e. The van der Waals surface area contributed by atoms with Crippen LogP contribution in [0.3, 0.4) is 0 Å². The van der Waals surface area contributed by atoms with Gasteiger partial charge in [-0.05, 0) is 25.8 Å². The Kier molecular flexibility index (Phi) is 5.14. The standard InChI is InChI=1S/C21H24N2O2S2/c1-4-10-26-20-22-18-17(15-13-25-21(2,3)11-16(15)27-18)19(24)23(20)12-14-8-6-5-7-9-14/h5-9H,4,10-13H2,1-3H3. The molecule has 2 aromatic heterocycles. The van der Waals surface area contributed by atoms with Crippen molar-refractivity contribution in [3.63, 3.8) is 0 Å². The van der Waals surface area contributed by atoms with Crippen LogP contribution in [-0.2, 0) is 24.3 Å². The van der Waals surface area contributed by atoms with Crippen molar-refractivity contribution in [2.24, 2.45) is 0 Å². The van der Waals surface area contributed by atoms with E-state index in [0.29, 0.717) is 13.2 Å². The zero-order valence-electron chi connectivity index (χ0n) is 15.9. The van der Waals surface area contributed by atoms with Crippen LogP contribution in [0.15, 0.2) is 40.3 Å². The summed E-state index contributed by atoms with van der Waals surface area (Å²) in [5.74, 6) is 0.952. The van der Waals surface area contributed by atoms with Crippen molar-refractivity contribution in [2.75, 3.05) is 5.75 Å². The van der Waals surface area contributed by atoms with Gasteiger partial charge in [-0.3, -0.25) is 9.36 Å². The number of fused-ring (bicyclic) bond motifs is 3. The normalized spacial score (nSPS) is 15.8. The first kappa shape index (κ1) is 18.7. The van der Waals surface area contributed by atoms with Gasteiger partial charge in [-0.25, -0.2) is 4.98 Å². The average molecular weight is 401 g/mol. The van der Waals surface area contributed by atoms with Gasteiger partial charge in [-0.15, -0.1) is 11.3 Å². The summed E-state index contributed by atoms with van der Waals surface area (Å²) in [6, 6.07) is 10.1. The first-order valence-electron chi connectivity index (χ1n) is 9.34. The lowest BCUT2D eigenvalue weighted by atomic mass is 9.98. The summed E-state index contributed by atoms with van der Waals surface area (Å²) >= 11 is 3.33. The highest BCUT2D eigenvalue weighted by Crippen LogP contribution is 2.37. The van der Waals surface area contributed by atoms with Crippen molar-refractivity contribution in [1.29, 1.82) is 0 Å². The van der Waals surface area contributed by atoms with Crippen LogP contribution in [0.25, 0.3) is 10.2 Å². The van der Waals surface area contributed by atoms with Crippen LogP contribution in [-0.4, -0.2) is 20.9 Å². The van der Waals surface area contributed by atoms with Crippen molar-refractivity contribution in [1.82, 2.24) is 9.55 Å². The Hall–Kier alpha value is -1.63. The van der Waals surface area contributed by atoms with Crippen LogP contribution in [0, 0.1) is 0 Å². The Labute approximate surface area is 167 Å². The number of hydrogen-bond acceptors (Lipinski definition) is 5. The topological polar surface area (TPSA) is 44.1 Å². The third-order valence-electron chi connectivity index (χ3n) is 4.77. The van der Waals surface area contributed by atoms with Gasteiger partial charge in [0.25, 0.3) is 5.56 Å². The molecule has 6 heteroatoms. The average Bonchev–Trinajstić information content (AvgIpc) is 2.99. The maximum atomic E-state index is 13.5. The molecule has 3 heterocycles. The quantitative estimate of drug-likeness (QED) is 0.453. The summed E-state index contributed by atoms with van der Waals surface area (Å²) in [5.41, 5.74) is 2.03. The number of hydrogen-bond donors (Lipinski definition) is 0. The minimum absolute atomic E-state index is 0.0586. The predicted molar refractivity (Wildman–Crippen MR) is 113 cm³/mol.